The Morgan fingerprint density at radius 2 is 1.48 bits per heavy atom. The van der Waals surface area contributed by atoms with Crippen LogP contribution >= 0.6 is 0 Å². The van der Waals surface area contributed by atoms with Gasteiger partial charge in [-0.1, -0.05) is 73.3 Å². The predicted octanol–water partition coefficient (Wildman–Crippen LogP) is 3.34. The van der Waals surface area contributed by atoms with Crippen LogP contribution in [-0.2, 0) is 4.79 Å². The van der Waals surface area contributed by atoms with Crippen molar-refractivity contribution in [3.8, 4) is 0 Å². The first-order valence-corrected chi connectivity index (χ1v) is 9.95. The third-order valence-corrected chi connectivity index (χ3v) is 8.41. The van der Waals surface area contributed by atoms with E-state index in [0.717, 1.165) is 12.8 Å². The molecule has 0 saturated carbocycles. The molecule has 0 atom stereocenters. The Morgan fingerprint density at radius 3 is 1.90 bits per heavy atom. The average Bonchev–Trinajstić information content (AvgIpc) is 2.56. The number of rotatable bonds is 7. The van der Waals surface area contributed by atoms with Crippen molar-refractivity contribution in [1.29, 1.82) is 0 Å². The number of carbonyl (C=O) groups excluding carboxylic acids is 1. The lowest BCUT2D eigenvalue weighted by Crippen LogP contribution is -2.62. The van der Waals surface area contributed by atoms with E-state index in [9.17, 15) is 4.79 Å². The second-order valence-corrected chi connectivity index (χ2v) is 9.42. The second-order valence-electron chi connectivity index (χ2n) is 5.46. The number of carbonyl (C=O) groups is 1. The zero-order valence-electron chi connectivity index (χ0n) is 12.6. The van der Waals surface area contributed by atoms with Crippen molar-refractivity contribution in [2.24, 2.45) is 0 Å². The summed E-state index contributed by atoms with van der Waals surface area (Å²) < 4.78 is 0. The second kappa shape index (κ2) is 7.18. The summed E-state index contributed by atoms with van der Waals surface area (Å²) in [4.78, 5) is 13.0. The molecular weight excluding hydrogens is 272 g/mol. The summed E-state index contributed by atoms with van der Waals surface area (Å²) in [5, 5.41) is 2.79. The largest absolute Gasteiger partial charge is 0.305 e. The minimum absolute atomic E-state index is 0.404. The fourth-order valence-corrected chi connectivity index (χ4v) is 6.06. The Morgan fingerprint density at radius 1 is 1.00 bits per heavy atom. The topological polar surface area (TPSA) is 17.1 Å². The van der Waals surface area contributed by atoms with Gasteiger partial charge in [0, 0.05) is 6.42 Å². The van der Waals surface area contributed by atoms with Crippen molar-refractivity contribution in [2.75, 3.05) is 0 Å². The zero-order chi connectivity index (χ0) is 15.1. The molecule has 2 aromatic rings. The first kappa shape index (κ1) is 15.5. The number of benzene rings is 2. The summed E-state index contributed by atoms with van der Waals surface area (Å²) in [6.45, 7) is 5.91. The van der Waals surface area contributed by atoms with Gasteiger partial charge in [-0.3, -0.25) is 0 Å². The molecule has 2 heteroatoms. The molecule has 0 aliphatic rings. The van der Waals surface area contributed by atoms with Crippen molar-refractivity contribution >= 4 is 23.9 Å². The highest BCUT2D eigenvalue weighted by Crippen LogP contribution is 2.11. The highest BCUT2D eigenvalue weighted by molar-refractivity contribution is 7.21. The predicted molar refractivity (Wildman–Crippen MR) is 92.8 cm³/mol. The van der Waals surface area contributed by atoms with Crippen LogP contribution in [0.2, 0.25) is 6.55 Å². The minimum Gasteiger partial charge on any atom is -0.305 e. The molecule has 0 unspecified atom stereocenters. The first-order valence-electron chi connectivity index (χ1n) is 7.45. The lowest BCUT2D eigenvalue weighted by Gasteiger charge is -2.27. The Balaban J connectivity index is 2.40. The zero-order valence-corrected chi connectivity index (χ0v) is 13.6. The maximum absolute atomic E-state index is 13.0. The minimum atomic E-state index is -2.33. The van der Waals surface area contributed by atoms with Gasteiger partial charge in [-0.15, -0.1) is 6.58 Å². The van der Waals surface area contributed by atoms with Gasteiger partial charge in [-0.2, -0.15) is 0 Å². The fraction of sp³-hybridized carbons (Fsp3) is 0.211. The molecule has 0 fully saturated rings. The summed E-state index contributed by atoms with van der Waals surface area (Å²) in [6.07, 6.45) is 4.32. The van der Waals surface area contributed by atoms with E-state index >= 15 is 0 Å². The van der Waals surface area contributed by atoms with E-state index in [1.165, 1.54) is 10.4 Å². The standard InChI is InChI=1S/C19H22OSi/c1-3-4-7-16-19(20)21(2,17-12-8-5-9-13-17)18-14-10-6-11-15-18/h3,5-6,8-15H,1,4,7,16H2,2H3. The monoisotopic (exact) mass is 294 g/mol. The van der Waals surface area contributed by atoms with Crippen LogP contribution in [0.4, 0.5) is 0 Å². The number of hydrogen-bond donors (Lipinski definition) is 0. The number of unbranched alkanes of at least 4 members (excludes halogenated alkanes) is 1. The van der Waals surface area contributed by atoms with Crippen molar-refractivity contribution in [3.05, 3.63) is 73.3 Å². The Bertz CT molecular complexity index is 550. The fourth-order valence-electron chi connectivity index (χ4n) is 2.69. The van der Waals surface area contributed by atoms with Crippen LogP contribution in [0.5, 0.6) is 0 Å². The van der Waals surface area contributed by atoms with Crippen molar-refractivity contribution < 1.29 is 4.79 Å². The first-order chi connectivity index (χ1) is 10.2. The van der Waals surface area contributed by atoms with E-state index < -0.39 is 8.07 Å². The summed E-state index contributed by atoms with van der Waals surface area (Å²) in [6, 6.07) is 20.5. The Kier molecular flexibility index (Phi) is 5.29. The van der Waals surface area contributed by atoms with Crippen LogP contribution in [0, 0.1) is 0 Å². The van der Waals surface area contributed by atoms with Crippen LogP contribution in [0.3, 0.4) is 0 Å². The molecule has 0 heterocycles. The van der Waals surface area contributed by atoms with E-state index in [4.69, 9.17) is 0 Å². The van der Waals surface area contributed by atoms with Crippen LogP contribution in [0.25, 0.3) is 0 Å². The molecule has 0 aromatic heterocycles. The molecule has 1 nitrogen and oxygen atoms in total. The Hall–Kier alpha value is -1.93. The van der Waals surface area contributed by atoms with E-state index in [1.807, 2.05) is 42.5 Å². The summed E-state index contributed by atoms with van der Waals surface area (Å²) in [7, 11) is -2.33. The van der Waals surface area contributed by atoms with Crippen LogP contribution < -0.4 is 10.4 Å². The maximum atomic E-state index is 13.0. The van der Waals surface area contributed by atoms with Crippen LogP contribution in [-0.4, -0.2) is 13.5 Å². The molecular formula is C19H22OSi. The SMILES string of the molecule is C=CCCCC(=O)[Si](C)(c1ccccc1)c1ccccc1. The molecule has 0 saturated heterocycles. The maximum Gasteiger partial charge on any atom is 0.190 e. The normalized spacial score (nSPS) is 11.1. The van der Waals surface area contributed by atoms with Gasteiger partial charge in [-0.25, -0.2) is 0 Å². The number of allylic oxidation sites excluding steroid dienone is 1. The van der Waals surface area contributed by atoms with Gasteiger partial charge in [0.05, 0.1) is 0 Å². The average molecular weight is 294 g/mol. The van der Waals surface area contributed by atoms with Gasteiger partial charge in [0.15, 0.2) is 8.07 Å². The van der Waals surface area contributed by atoms with Crippen molar-refractivity contribution in [2.45, 2.75) is 25.8 Å². The lowest BCUT2D eigenvalue weighted by molar-refractivity contribution is -0.112. The summed E-state index contributed by atoms with van der Waals surface area (Å²) >= 11 is 0. The quantitative estimate of drug-likeness (QED) is 0.435. The molecule has 0 aliphatic carbocycles. The van der Waals surface area contributed by atoms with Gasteiger partial charge in [-0.05, 0) is 23.2 Å². The molecule has 0 bridgehead atoms. The van der Waals surface area contributed by atoms with E-state index in [2.05, 4.69) is 37.4 Å². The van der Waals surface area contributed by atoms with Crippen molar-refractivity contribution in [1.82, 2.24) is 0 Å². The molecule has 21 heavy (non-hydrogen) atoms. The van der Waals surface area contributed by atoms with E-state index in [-0.39, 0.29) is 0 Å². The highest BCUT2D eigenvalue weighted by Gasteiger charge is 2.38. The third-order valence-electron chi connectivity index (χ3n) is 4.07. The molecule has 0 amide bonds. The van der Waals surface area contributed by atoms with E-state index in [1.54, 1.807) is 0 Å². The van der Waals surface area contributed by atoms with E-state index in [0.29, 0.717) is 11.8 Å². The van der Waals surface area contributed by atoms with Crippen LogP contribution in [0.1, 0.15) is 19.3 Å². The summed E-state index contributed by atoms with van der Waals surface area (Å²) in [5.74, 6) is 0. The Labute approximate surface area is 128 Å². The molecule has 0 aliphatic heterocycles. The van der Waals surface area contributed by atoms with Gasteiger partial charge in [0.1, 0.15) is 5.41 Å². The van der Waals surface area contributed by atoms with Gasteiger partial charge in [0.2, 0.25) is 0 Å². The third kappa shape index (κ3) is 3.39. The van der Waals surface area contributed by atoms with Crippen LogP contribution in [0.15, 0.2) is 73.3 Å². The number of hydrogen-bond acceptors (Lipinski definition) is 1. The molecule has 0 radical (unpaired) electrons. The molecule has 2 rings (SSSR count). The molecule has 108 valence electrons. The smallest absolute Gasteiger partial charge is 0.190 e. The summed E-state index contributed by atoms with van der Waals surface area (Å²) in [5.41, 5.74) is 0. The molecule has 0 N–H and O–H groups in total. The van der Waals surface area contributed by atoms with Gasteiger partial charge in [0.25, 0.3) is 0 Å². The molecule has 0 spiro atoms. The van der Waals surface area contributed by atoms with Gasteiger partial charge >= 0.3 is 0 Å². The van der Waals surface area contributed by atoms with Crippen molar-refractivity contribution in [3.63, 3.8) is 0 Å². The highest BCUT2D eigenvalue weighted by atomic mass is 28.3. The lowest BCUT2D eigenvalue weighted by atomic mass is 10.2. The van der Waals surface area contributed by atoms with Gasteiger partial charge < -0.3 is 4.79 Å². The molecule has 2 aromatic carbocycles.